The molecule has 2 unspecified atom stereocenters. The molecule has 0 radical (unpaired) electrons. The second-order valence-corrected chi connectivity index (χ2v) is 4.38. The van der Waals surface area contributed by atoms with Crippen LogP contribution in [0.1, 0.15) is 39.5 Å². The van der Waals surface area contributed by atoms with E-state index in [1.165, 1.54) is 6.42 Å². The van der Waals surface area contributed by atoms with Gasteiger partial charge in [-0.15, -0.1) is 0 Å². The van der Waals surface area contributed by atoms with Crippen molar-refractivity contribution < 1.29 is 5.11 Å². The number of alkyl halides is 1. The van der Waals surface area contributed by atoms with Gasteiger partial charge in [-0.1, -0.05) is 42.6 Å². The van der Waals surface area contributed by atoms with Crippen molar-refractivity contribution in [2.75, 3.05) is 0 Å². The lowest BCUT2D eigenvalue weighted by Crippen LogP contribution is -2.10. The molecule has 0 spiro atoms. The number of rotatable bonds is 5. The Hall–Kier alpha value is 0.440. The Morgan fingerprint density at radius 1 is 1.50 bits per heavy atom. The fraction of sp³-hybridized carbons (Fsp3) is 1.00. The van der Waals surface area contributed by atoms with Crippen LogP contribution in [0.5, 0.6) is 0 Å². The predicted octanol–water partition coefficient (Wildman–Crippen LogP) is 2.71. The van der Waals surface area contributed by atoms with E-state index >= 15 is 0 Å². The molecule has 0 aliphatic carbocycles. The Balaban J connectivity index is 3.16. The van der Waals surface area contributed by atoms with Crippen LogP contribution in [0, 0.1) is 0 Å². The maximum atomic E-state index is 9.32. The van der Waals surface area contributed by atoms with Crippen molar-refractivity contribution in [2.45, 2.75) is 50.5 Å². The molecule has 0 rings (SSSR count). The third-order valence-electron chi connectivity index (χ3n) is 1.49. The van der Waals surface area contributed by atoms with Gasteiger partial charge in [0.05, 0.1) is 6.10 Å². The summed E-state index contributed by atoms with van der Waals surface area (Å²) in [4.78, 5) is 0.444. The van der Waals surface area contributed by atoms with Crippen molar-refractivity contribution in [1.29, 1.82) is 0 Å². The molecule has 0 aliphatic heterocycles. The van der Waals surface area contributed by atoms with E-state index in [9.17, 15) is 5.11 Å². The van der Waals surface area contributed by atoms with Crippen LogP contribution in [-0.4, -0.2) is 16.0 Å². The summed E-state index contributed by atoms with van der Waals surface area (Å²) in [7, 11) is 0. The number of aliphatic hydroxyl groups excluding tert-OH is 1. The molecule has 0 heterocycles. The first-order valence-electron chi connectivity index (χ1n) is 3.99. The maximum Gasteiger partial charge on any atom is 0.0550 e. The van der Waals surface area contributed by atoms with Crippen LogP contribution in [-0.2, 0) is 0 Å². The number of aliphatic hydroxyl groups is 1. The number of hydrogen-bond acceptors (Lipinski definition) is 1. The van der Waals surface area contributed by atoms with Crippen molar-refractivity contribution in [3.05, 3.63) is 0 Å². The SMILES string of the molecule is CCCCC(O)CC(C)Br. The summed E-state index contributed by atoms with van der Waals surface area (Å²) in [5.74, 6) is 0. The van der Waals surface area contributed by atoms with Gasteiger partial charge in [-0.25, -0.2) is 0 Å². The number of unbranched alkanes of at least 4 members (excludes halogenated alkanes) is 1. The van der Waals surface area contributed by atoms with Crippen molar-refractivity contribution in [3.63, 3.8) is 0 Å². The van der Waals surface area contributed by atoms with Crippen LogP contribution in [0.15, 0.2) is 0 Å². The average Bonchev–Trinajstić information content (AvgIpc) is 1.82. The molecule has 2 atom stereocenters. The summed E-state index contributed by atoms with van der Waals surface area (Å²) >= 11 is 3.41. The molecule has 0 amide bonds. The van der Waals surface area contributed by atoms with Gasteiger partial charge in [-0.05, 0) is 12.8 Å². The van der Waals surface area contributed by atoms with Gasteiger partial charge in [0.1, 0.15) is 0 Å². The molecular weight excluding hydrogens is 192 g/mol. The summed E-state index contributed by atoms with van der Waals surface area (Å²) in [5.41, 5.74) is 0. The first kappa shape index (κ1) is 10.4. The summed E-state index contributed by atoms with van der Waals surface area (Å²) in [6.45, 7) is 4.21. The molecule has 1 nitrogen and oxygen atoms in total. The van der Waals surface area contributed by atoms with Gasteiger partial charge in [0.25, 0.3) is 0 Å². The van der Waals surface area contributed by atoms with Crippen molar-refractivity contribution in [2.24, 2.45) is 0 Å². The lowest BCUT2D eigenvalue weighted by molar-refractivity contribution is 0.153. The minimum absolute atomic E-state index is 0.102. The minimum Gasteiger partial charge on any atom is -0.393 e. The quantitative estimate of drug-likeness (QED) is 0.690. The van der Waals surface area contributed by atoms with Gasteiger partial charge < -0.3 is 5.11 Å². The van der Waals surface area contributed by atoms with Gasteiger partial charge in [0.15, 0.2) is 0 Å². The van der Waals surface area contributed by atoms with Gasteiger partial charge in [0, 0.05) is 4.83 Å². The Morgan fingerprint density at radius 3 is 2.50 bits per heavy atom. The van der Waals surface area contributed by atoms with Crippen LogP contribution in [0.3, 0.4) is 0 Å². The lowest BCUT2D eigenvalue weighted by atomic mass is 10.1. The molecule has 1 N–H and O–H groups in total. The summed E-state index contributed by atoms with van der Waals surface area (Å²) in [5, 5.41) is 9.32. The maximum absolute atomic E-state index is 9.32. The monoisotopic (exact) mass is 208 g/mol. The van der Waals surface area contributed by atoms with Crippen molar-refractivity contribution >= 4 is 15.9 Å². The van der Waals surface area contributed by atoms with Crippen LogP contribution in [0.2, 0.25) is 0 Å². The Kier molecular flexibility index (Phi) is 6.44. The van der Waals surface area contributed by atoms with Crippen LogP contribution >= 0.6 is 15.9 Å². The van der Waals surface area contributed by atoms with E-state index in [0.717, 1.165) is 19.3 Å². The van der Waals surface area contributed by atoms with E-state index < -0.39 is 0 Å². The summed E-state index contributed by atoms with van der Waals surface area (Å²) in [6.07, 6.45) is 4.04. The smallest absolute Gasteiger partial charge is 0.0550 e. The van der Waals surface area contributed by atoms with Crippen molar-refractivity contribution in [3.8, 4) is 0 Å². The Bertz CT molecular complexity index is 73.7. The molecule has 10 heavy (non-hydrogen) atoms. The molecule has 0 saturated heterocycles. The molecule has 2 heteroatoms. The second-order valence-electron chi connectivity index (χ2n) is 2.81. The average molecular weight is 209 g/mol. The molecular formula is C8H17BrO. The topological polar surface area (TPSA) is 20.2 Å². The molecule has 0 aromatic rings. The van der Waals surface area contributed by atoms with E-state index in [2.05, 4.69) is 29.8 Å². The number of hydrogen-bond donors (Lipinski definition) is 1. The van der Waals surface area contributed by atoms with E-state index in [-0.39, 0.29) is 6.10 Å². The van der Waals surface area contributed by atoms with E-state index in [1.54, 1.807) is 0 Å². The first-order chi connectivity index (χ1) is 4.66. The van der Waals surface area contributed by atoms with Gasteiger partial charge in [-0.3, -0.25) is 0 Å². The van der Waals surface area contributed by atoms with Gasteiger partial charge >= 0.3 is 0 Å². The molecule has 62 valence electrons. The lowest BCUT2D eigenvalue weighted by Gasteiger charge is -2.10. The third-order valence-corrected chi connectivity index (χ3v) is 1.86. The largest absolute Gasteiger partial charge is 0.393 e. The zero-order valence-corrected chi connectivity index (χ0v) is 8.39. The highest BCUT2D eigenvalue weighted by Gasteiger charge is 2.05. The van der Waals surface area contributed by atoms with Crippen LogP contribution in [0.25, 0.3) is 0 Å². The molecule has 0 fully saturated rings. The van der Waals surface area contributed by atoms with Crippen LogP contribution < -0.4 is 0 Å². The summed E-state index contributed by atoms with van der Waals surface area (Å²) < 4.78 is 0. The van der Waals surface area contributed by atoms with Crippen LogP contribution in [0.4, 0.5) is 0 Å². The number of halogens is 1. The van der Waals surface area contributed by atoms with Gasteiger partial charge in [-0.2, -0.15) is 0 Å². The highest BCUT2D eigenvalue weighted by atomic mass is 79.9. The normalized spacial score (nSPS) is 16.8. The molecule has 0 aromatic heterocycles. The first-order valence-corrected chi connectivity index (χ1v) is 4.90. The van der Waals surface area contributed by atoms with Gasteiger partial charge in [0.2, 0.25) is 0 Å². The highest BCUT2D eigenvalue weighted by molar-refractivity contribution is 9.09. The molecule has 0 aliphatic rings. The highest BCUT2D eigenvalue weighted by Crippen LogP contribution is 2.11. The second kappa shape index (κ2) is 6.17. The molecule has 0 bridgehead atoms. The van der Waals surface area contributed by atoms with E-state index in [0.29, 0.717) is 4.83 Å². The standard InChI is InChI=1S/C8H17BrO/c1-3-4-5-8(10)6-7(2)9/h7-8,10H,3-6H2,1-2H3. The summed E-state index contributed by atoms with van der Waals surface area (Å²) in [6, 6.07) is 0. The molecule has 0 aromatic carbocycles. The fourth-order valence-electron chi connectivity index (χ4n) is 0.933. The van der Waals surface area contributed by atoms with E-state index in [1.807, 2.05) is 0 Å². The minimum atomic E-state index is -0.102. The zero-order chi connectivity index (χ0) is 7.98. The van der Waals surface area contributed by atoms with E-state index in [4.69, 9.17) is 0 Å². The Morgan fingerprint density at radius 2 is 2.10 bits per heavy atom. The Labute approximate surface area is 72.0 Å². The predicted molar refractivity (Wildman–Crippen MR) is 48.5 cm³/mol. The fourth-order valence-corrected chi connectivity index (χ4v) is 1.36. The third kappa shape index (κ3) is 6.56. The molecule has 0 saturated carbocycles. The van der Waals surface area contributed by atoms with Crippen molar-refractivity contribution in [1.82, 2.24) is 0 Å². The zero-order valence-electron chi connectivity index (χ0n) is 6.81.